The van der Waals surface area contributed by atoms with Crippen molar-refractivity contribution < 1.29 is 14.7 Å². The molecule has 2 aromatic carbocycles. The molecule has 0 aromatic heterocycles. The summed E-state index contributed by atoms with van der Waals surface area (Å²) in [7, 11) is 1.68. The van der Waals surface area contributed by atoms with Gasteiger partial charge in [-0.15, -0.1) is 0 Å². The number of hydroxylamine groups is 1. The first kappa shape index (κ1) is 19.9. The van der Waals surface area contributed by atoms with Gasteiger partial charge in [0.2, 0.25) is 0 Å². The van der Waals surface area contributed by atoms with Gasteiger partial charge in [0.05, 0.1) is 7.11 Å². The van der Waals surface area contributed by atoms with Crippen LogP contribution in [0.4, 0.5) is 5.69 Å². The van der Waals surface area contributed by atoms with Crippen molar-refractivity contribution >= 4 is 17.7 Å². The first-order valence-electron chi connectivity index (χ1n) is 9.52. The normalized spacial score (nSPS) is 15.0. The Hall–Kier alpha value is -2.83. The van der Waals surface area contributed by atoms with E-state index in [1.54, 1.807) is 18.7 Å². The van der Waals surface area contributed by atoms with Gasteiger partial charge in [0.25, 0.3) is 5.91 Å². The van der Waals surface area contributed by atoms with Gasteiger partial charge in [-0.3, -0.25) is 10.0 Å². The van der Waals surface area contributed by atoms with E-state index in [1.165, 1.54) is 11.6 Å². The van der Waals surface area contributed by atoms with Crippen LogP contribution in [0.5, 0.6) is 5.75 Å². The van der Waals surface area contributed by atoms with Crippen LogP contribution >= 0.6 is 0 Å². The van der Waals surface area contributed by atoms with Crippen LogP contribution in [-0.4, -0.2) is 37.4 Å². The number of hydrogen-bond acceptors (Lipinski definition) is 5. The van der Waals surface area contributed by atoms with Gasteiger partial charge in [0, 0.05) is 37.4 Å². The molecule has 6 heteroatoms. The molecule has 6 nitrogen and oxygen atoms in total. The highest BCUT2D eigenvalue weighted by atomic mass is 16.5. The monoisotopic (exact) mass is 381 g/mol. The molecule has 1 heterocycles. The van der Waals surface area contributed by atoms with Gasteiger partial charge < -0.3 is 15.0 Å². The van der Waals surface area contributed by atoms with Crippen LogP contribution in [0.25, 0.3) is 6.08 Å². The third kappa shape index (κ3) is 5.34. The standard InChI is InChI=1S/C22H27N3O3/c1-28-20-9-6-17(7-10-20)16-23-19-12-14-25(15-13-19)21-5-3-2-4-18(21)8-11-22(26)24-27/h2-11,19,23,27H,12-16H2,1H3,(H,24,26). The number of amides is 1. The molecule has 3 N–H and O–H groups in total. The summed E-state index contributed by atoms with van der Waals surface area (Å²) in [6.07, 6.45) is 5.19. The SMILES string of the molecule is COc1ccc(CNC2CCN(c3ccccc3C=CC(=O)NO)CC2)cc1. The fraction of sp³-hybridized carbons (Fsp3) is 0.318. The Bertz CT molecular complexity index is 797. The van der Waals surface area contributed by atoms with Crippen molar-refractivity contribution in [1.82, 2.24) is 10.8 Å². The lowest BCUT2D eigenvalue weighted by molar-refractivity contribution is -0.124. The summed E-state index contributed by atoms with van der Waals surface area (Å²) in [6, 6.07) is 16.6. The smallest absolute Gasteiger partial charge is 0.267 e. The number of anilines is 1. The van der Waals surface area contributed by atoms with Crippen molar-refractivity contribution in [3.63, 3.8) is 0 Å². The van der Waals surface area contributed by atoms with Crippen LogP contribution in [-0.2, 0) is 11.3 Å². The number of rotatable bonds is 7. The molecule has 0 spiro atoms. The summed E-state index contributed by atoms with van der Waals surface area (Å²) < 4.78 is 5.20. The zero-order valence-corrected chi connectivity index (χ0v) is 16.1. The molecule has 148 valence electrons. The van der Waals surface area contributed by atoms with E-state index in [-0.39, 0.29) is 0 Å². The number of nitrogens with zero attached hydrogens (tertiary/aromatic N) is 1. The van der Waals surface area contributed by atoms with Crippen LogP contribution in [0.15, 0.2) is 54.6 Å². The number of ether oxygens (including phenoxy) is 1. The van der Waals surface area contributed by atoms with Crippen molar-refractivity contribution in [2.45, 2.75) is 25.4 Å². The fourth-order valence-corrected chi connectivity index (χ4v) is 3.45. The van der Waals surface area contributed by atoms with Gasteiger partial charge in [0.15, 0.2) is 0 Å². The molecule has 0 atom stereocenters. The number of methoxy groups -OCH3 is 1. The second-order valence-corrected chi connectivity index (χ2v) is 6.86. The van der Waals surface area contributed by atoms with Crippen LogP contribution in [0.1, 0.15) is 24.0 Å². The minimum Gasteiger partial charge on any atom is -0.497 e. The highest BCUT2D eigenvalue weighted by molar-refractivity contribution is 5.91. The summed E-state index contributed by atoms with van der Waals surface area (Å²) in [6.45, 7) is 2.76. The second-order valence-electron chi connectivity index (χ2n) is 6.86. The van der Waals surface area contributed by atoms with Gasteiger partial charge in [-0.1, -0.05) is 30.3 Å². The van der Waals surface area contributed by atoms with Crippen LogP contribution in [0.2, 0.25) is 0 Å². The fourth-order valence-electron chi connectivity index (χ4n) is 3.45. The first-order chi connectivity index (χ1) is 13.7. The minimum absolute atomic E-state index is 0.487. The molecular formula is C22H27N3O3. The molecular weight excluding hydrogens is 354 g/mol. The van der Waals surface area contributed by atoms with Crippen LogP contribution in [0, 0.1) is 0 Å². The average Bonchev–Trinajstić information content (AvgIpc) is 2.77. The molecule has 0 bridgehead atoms. The van der Waals surface area contributed by atoms with E-state index in [9.17, 15) is 4.79 Å². The summed E-state index contributed by atoms with van der Waals surface area (Å²) in [5.41, 5.74) is 4.95. The van der Waals surface area contributed by atoms with Crippen molar-refractivity contribution in [2.24, 2.45) is 0 Å². The Balaban J connectivity index is 1.53. The molecule has 1 fully saturated rings. The maximum absolute atomic E-state index is 11.3. The lowest BCUT2D eigenvalue weighted by Crippen LogP contribution is -2.42. The zero-order chi connectivity index (χ0) is 19.8. The van der Waals surface area contributed by atoms with Gasteiger partial charge in [-0.2, -0.15) is 0 Å². The molecule has 0 radical (unpaired) electrons. The zero-order valence-electron chi connectivity index (χ0n) is 16.1. The molecule has 1 saturated heterocycles. The molecule has 1 amide bonds. The van der Waals surface area contributed by atoms with Crippen LogP contribution in [0.3, 0.4) is 0 Å². The Morgan fingerprint density at radius 3 is 2.57 bits per heavy atom. The molecule has 1 aliphatic rings. The number of piperidine rings is 1. The van der Waals surface area contributed by atoms with Gasteiger partial charge in [0.1, 0.15) is 5.75 Å². The lowest BCUT2D eigenvalue weighted by Gasteiger charge is -2.35. The van der Waals surface area contributed by atoms with E-state index in [0.717, 1.165) is 49.5 Å². The summed E-state index contributed by atoms with van der Waals surface area (Å²) in [5.74, 6) is 0.345. The third-order valence-electron chi connectivity index (χ3n) is 5.05. The first-order valence-corrected chi connectivity index (χ1v) is 9.52. The van der Waals surface area contributed by atoms with E-state index >= 15 is 0 Å². The maximum Gasteiger partial charge on any atom is 0.267 e. The number of para-hydroxylation sites is 1. The second kappa shape index (κ2) is 9.92. The van der Waals surface area contributed by atoms with E-state index in [2.05, 4.69) is 28.4 Å². The molecule has 2 aromatic rings. The van der Waals surface area contributed by atoms with Gasteiger partial charge >= 0.3 is 0 Å². The average molecular weight is 381 g/mol. The van der Waals surface area contributed by atoms with E-state index in [1.807, 2.05) is 30.3 Å². The largest absolute Gasteiger partial charge is 0.497 e. The van der Waals surface area contributed by atoms with Crippen molar-refractivity contribution in [1.29, 1.82) is 0 Å². The minimum atomic E-state index is -0.531. The number of carbonyl (C=O) groups excluding carboxylic acids is 1. The highest BCUT2D eigenvalue weighted by Gasteiger charge is 2.20. The topological polar surface area (TPSA) is 73.8 Å². The van der Waals surface area contributed by atoms with Gasteiger partial charge in [-0.05, 0) is 48.2 Å². The van der Waals surface area contributed by atoms with E-state index < -0.39 is 5.91 Å². The number of benzene rings is 2. The Morgan fingerprint density at radius 1 is 1.18 bits per heavy atom. The highest BCUT2D eigenvalue weighted by Crippen LogP contribution is 2.25. The van der Waals surface area contributed by atoms with Crippen molar-refractivity contribution in [3.05, 3.63) is 65.7 Å². The molecule has 0 unspecified atom stereocenters. The Morgan fingerprint density at radius 2 is 1.89 bits per heavy atom. The molecule has 3 rings (SSSR count). The van der Waals surface area contributed by atoms with Crippen LogP contribution < -0.4 is 20.4 Å². The quantitative estimate of drug-likeness (QED) is 0.391. The lowest BCUT2D eigenvalue weighted by atomic mass is 10.0. The summed E-state index contributed by atoms with van der Waals surface area (Å²) in [4.78, 5) is 13.6. The summed E-state index contributed by atoms with van der Waals surface area (Å²) >= 11 is 0. The molecule has 28 heavy (non-hydrogen) atoms. The predicted molar refractivity (Wildman–Crippen MR) is 110 cm³/mol. The third-order valence-corrected chi connectivity index (χ3v) is 5.05. The summed E-state index contributed by atoms with van der Waals surface area (Å²) in [5, 5.41) is 12.3. The maximum atomic E-state index is 11.3. The molecule has 0 saturated carbocycles. The number of carbonyl (C=O) groups is 1. The van der Waals surface area contributed by atoms with E-state index in [0.29, 0.717) is 6.04 Å². The number of hydrogen-bond donors (Lipinski definition) is 3. The Labute approximate surface area is 165 Å². The van der Waals surface area contributed by atoms with Crippen molar-refractivity contribution in [2.75, 3.05) is 25.1 Å². The predicted octanol–water partition coefficient (Wildman–Crippen LogP) is 2.97. The van der Waals surface area contributed by atoms with Crippen molar-refractivity contribution in [3.8, 4) is 5.75 Å². The number of nitrogens with one attached hydrogen (secondary N) is 2. The Kier molecular flexibility index (Phi) is 7.06. The molecule has 0 aliphatic carbocycles. The van der Waals surface area contributed by atoms with Gasteiger partial charge in [-0.25, -0.2) is 5.48 Å². The molecule has 1 aliphatic heterocycles. The van der Waals surface area contributed by atoms with E-state index in [4.69, 9.17) is 9.94 Å².